The lowest BCUT2D eigenvalue weighted by Crippen LogP contribution is -2.03. The zero-order valence-corrected chi connectivity index (χ0v) is 11.0. The van der Waals surface area contributed by atoms with Crippen molar-refractivity contribution < 1.29 is 14.9 Å². The zero-order chi connectivity index (χ0) is 16.0. The summed E-state index contributed by atoms with van der Waals surface area (Å²) in [5.74, 6) is -0.880. The Hall–Kier alpha value is -3.63. The lowest BCUT2D eigenvalue weighted by atomic mass is 10.1. The number of allylic oxidation sites excluding steroid dienone is 2. The molecule has 0 aliphatic rings. The van der Waals surface area contributed by atoms with Crippen LogP contribution in [0.4, 0.5) is 0 Å². The second kappa shape index (κ2) is 6.51. The predicted octanol–water partition coefficient (Wildman–Crippen LogP) is 1.27. The number of hydrogen-bond donors (Lipinski definition) is 3. The Kier molecular flexibility index (Phi) is 4.78. The second-order valence-electron chi connectivity index (χ2n) is 3.77. The zero-order valence-electron chi connectivity index (χ0n) is 11.0. The van der Waals surface area contributed by atoms with Gasteiger partial charge in [0.15, 0.2) is 17.1 Å². The molecule has 0 radical (unpaired) electrons. The van der Waals surface area contributed by atoms with E-state index in [-0.39, 0.29) is 17.0 Å². The maximum Gasteiger partial charge on any atom is 0.200 e. The molecule has 104 valence electrons. The first kappa shape index (κ1) is 15.4. The minimum atomic E-state index is -0.443. The number of nitriles is 3. The van der Waals surface area contributed by atoms with E-state index in [4.69, 9.17) is 26.3 Å². The maximum absolute atomic E-state index is 9.55. The Labute approximate surface area is 120 Å². The molecule has 0 heterocycles. The van der Waals surface area contributed by atoms with E-state index in [9.17, 15) is 10.2 Å². The smallest absolute Gasteiger partial charge is 0.200 e. The van der Waals surface area contributed by atoms with Crippen molar-refractivity contribution in [3.05, 3.63) is 34.5 Å². The number of nitrogens with two attached hydrogens (primary N) is 1. The first-order valence-corrected chi connectivity index (χ1v) is 5.50. The molecule has 0 unspecified atom stereocenters. The van der Waals surface area contributed by atoms with Gasteiger partial charge in [-0.2, -0.15) is 15.8 Å². The molecule has 0 fully saturated rings. The van der Waals surface area contributed by atoms with Crippen molar-refractivity contribution in [2.24, 2.45) is 5.73 Å². The number of benzene rings is 1. The van der Waals surface area contributed by atoms with E-state index >= 15 is 0 Å². The van der Waals surface area contributed by atoms with Crippen molar-refractivity contribution in [3.8, 4) is 35.5 Å². The molecule has 1 aromatic carbocycles. The molecule has 7 nitrogen and oxygen atoms in total. The largest absolute Gasteiger partial charge is 0.504 e. The van der Waals surface area contributed by atoms with Gasteiger partial charge in [-0.25, -0.2) is 0 Å². The molecule has 1 rings (SSSR count). The topological polar surface area (TPSA) is 147 Å². The van der Waals surface area contributed by atoms with Crippen molar-refractivity contribution in [2.45, 2.75) is 0 Å². The summed E-state index contributed by atoms with van der Waals surface area (Å²) in [4.78, 5) is 0. The Bertz CT molecular complexity index is 742. The highest BCUT2D eigenvalue weighted by Gasteiger charge is 2.11. The molecule has 21 heavy (non-hydrogen) atoms. The van der Waals surface area contributed by atoms with Gasteiger partial charge in [-0.15, -0.1) is 0 Å². The van der Waals surface area contributed by atoms with Gasteiger partial charge in [-0.3, -0.25) is 0 Å². The van der Waals surface area contributed by atoms with E-state index in [2.05, 4.69) is 0 Å². The molecular weight excluding hydrogens is 272 g/mol. The molecule has 0 bridgehead atoms. The summed E-state index contributed by atoms with van der Waals surface area (Å²) in [6, 6.07) is 7.47. The Balaban J connectivity index is 3.46. The van der Waals surface area contributed by atoms with Gasteiger partial charge < -0.3 is 20.7 Å². The van der Waals surface area contributed by atoms with Crippen LogP contribution in [0.2, 0.25) is 0 Å². The van der Waals surface area contributed by atoms with Crippen molar-refractivity contribution in [1.29, 1.82) is 15.8 Å². The highest BCUT2D eigenvalue weighted by atomic mass is 16.5. The number of hydrogen-bond acceptors (Lipinski definition) is 7. The molecule has 0 spiro atoms. The van der Waals surface area contributed by atoms with E-state index in [0.29, 0.717) is 5.56 Å². The molecule has 0 saturated carbocycles. The summed E-state index contributed by atoms with van der Waals surface area (Å²) in [5.41, 5.74) is 5.10. The van der Waals surface area contributed by atoms with Crippen molar-refractivity contribution in [3.63, 3.8) is 0 Å². The number of phenolic OH excluding ortho intramolecular Hbond substituents is 2. The summed E-state index contributed by atoms with van der Waals surface area (Å²) < 4.78 is 4.86. The minimum absolute atomic E-state index is 0.00174. The molecule has 0 saturated heterocycles. The number of phenols is 2. The molecule has 0 aliphatic heterocycles. The fraction of sp³-hybridized carbons (Fsp3) is 0.0714. The first-order chi connectivity index (χ1) is 9.98. The van der Waals surface area contributed by atoms with E-state index in [1.807, 2.05) is 0 Å². The van der Waals surface area contributed by atoms with Crippen LogP contribution < -0.4 is 10.5 Å². The van der Waals surface area contributed by atoms with Gasteiger partial charge in [0, 0.05) is 0 Å². The summed E-state index contributed by atoms with van der Waals surface area (Å²) in [5, 5.41) is 45.6. The predicted molar refractivity (Wildman–Crippen MR) is 72.4 cm³/mol. The fourth-order valence-electron chi connectivity index (χ4n) is 1.47. The molecular formula is C14H10N4O3. The van der Waals surface area contributed by atoms with Gasteiger partial charge in [0.1, 0.15) is 18.2 Å². The van der Waals surface area contributed by atoms with Crippen molar-refractivity contribution in [1.82, 2.24) is 0 Å². The monoisotopic (exact) mass is 282 g/mol. The van der Waals surface area contributed by atoms with Crippen LogP contribution in [0.3, 0.4) is 0 Å². The van der Waals surface area contributed by atoms with Crippen LogP contribution in [-0.4, -0.2) is 17.3 Å². The van der Waals surface area contributed by atoms with E-state index in [0.717, 1.165) is 0 Å². The van der Waals surface area contributed by atoms with Crippen LogP contribution in [0, 0.1) is 34.0 Å². The maximum atomic E-state index is 9.55. The van der Waals surface area contributed by atoms with Gasteiger partial charge in [-0.1, -0.05) is 0 Å². The first-order valence-electron chi connectivity index (χ1n) is 5.50. The van der Waals surface area contributed by atoms with Crippen LogP contribution in [0.1, 0.15) is 5.56 Å². The number of methoxy groups -OCH3 is 1. The molecule has 0 atom stereocenters. The Morgan fingerprint density at radius 3 is 2.29 bits per heavy atom. The Morgan fingerprint density at radius 2 is 1.81 bits per heavy atom. The summed E-state index contributed by atoms with van der Waals surface area (Å²) in [7, 11) is 1.30. The summed E-state index contributed by atoms with van der Waals surface area (Å²) in [6.45, 7) is 0. The quantitative estimate of drug-likeness (QED) is 0.429. The summed E-state index contributed by atoms with van der Waals surface area (Å²) >= 11 is 0. The number of aromatic hydroxyl groups is 2. The van der Waals surface area contributed by atoms with Crippen LogP contribution in [0.25, 0.3) is 6.08 Å². The van der Waals surface area contributed by atoms with E-state index < -0.39 is 17.1 Å². The normalized spacial score (nSPS) is 9.90. The van der Waals surface area contributed by atoms with Crippen LogP contribution in [-0.2, 0) is 0 Å². The third-order valence-electron chi connectivity index (χ3n) is 2.51. The standard InChI is InChI=1S/C14H10N4O3/c1-21-12-4-8(3-11(19)14(12)20)2-9(5-15)13(18)10(6-16)7-17/h2-4,19-20H,18H2,1H3. The van der Waals surface area contributed by atoms with Crippen LogP contribution in [0.15, 0.2) is 29.0 Å². The third kappa shape index (κ3) is 3.23. The molecule has 7 heteroatoms. The van der Waals surface area contributed by atoms with Gasteiger partial charge in [-0.05, 0) is 23.8 Å². The van der Waals surface area contributed by atoms with Crippen LogP contribution in [0.5, 0.6) is 17.2 Å². The molecule has 1 aromatic rings. The summed E-state index contributed by atoms with van der Waals surface area (Å²) in [6.07, 6.45) is 1.26. The van der Waals surface area contributed by atoms with Gasteiger partial charge in [0.2, 0.25) is 5.75 Å². The molecule has 0 amide bonds. The molecule has 4 N–H and O–H groups in total. The lowest BCUT2D eigenvalue weighted by molar-refractivity contribution is 0.351. The lowest BCUT2D eigenvalue weighted by Gasteiger charge is -2.07. The molecule has 0 aromatic heterocycles. The SMILES string of the molecule is COc1cc(C=C(C#N)C(N)=C(C#N)C#N)cc(O)c1O. The number of nitrogens with zero attached hydrogens (tertiary/aromatic N) is 3. The second-order valence-corrected chi connectivity index (χ2v) is 3.77. The average molecular weight is 282 g/mol. The number of rotatable bonds is 3. The van der Waals surface area contributed by atoms with Gasteiger partial charge in [0.25, 0.3) is 0 Å². The fourth-order valence-corrected chi connectivity index (χ4v) is 1.47. The highest BCUT2D eigenvalue weighted by molar-refractivity contribution is 5.69. The molecule has 0 aliphatic carbocycles. The van der Waals surface area contributed by atoms with Gasteiger partial charge >= 0.3 is 0 Å². The van der Waals surface area contributed by atoms with Crippen molar-refractivity contribution in [2.75, 3.05) is 7.11 Å². The Morgan fingerprint density at radius 1 is 1.19 bits per heavy atom. The third-order valence-corrected chi connectivity index (χ3v) is 2.51. The average Bonchev–Trinajstić information content (AvgIpc) is 2.49. The van der Waals surface area contributed by atoms with E-state index in [1.165, 1.54) is 25.3 Å². The van der Waals surface area contributed by atoms with Gasteiger partial charge in [0.05, 0.1) is 18.4 Å². The highest BCUT2D eigenvalue weighted by Crippen LogP contribution is 2.37. The minimum Gasteiger partial charge on any atom is -0.504 e. The van der Waals surface area contributed by atoms with Crippen molar-refractivity contribution >= 4 is 6.08 Å². The van der Waals surface area contributed by atoms with E-state index in [1.54, 1.807) is 18.2 Å². The van der Waals surface area contributed by atoms with Crippen LogP contribution >= 0.6 is 0 Å². The number of ether oxygens (including phenoxy) is 1.